The van der Waals surface area contributed by atoms with Gasteiger partial charge >= 0.3 is 0 Å². The van der Waals surface area contributed by atoms with E-state index in [0.717, 1.165) is 41.4 Å². The Bertz CT molecular complexity index is 1120. The van der Waals surface area contributed by atoms with Crippen molar-refractivity contribution in [2.75, 3.05) is 0 Å². The molecule has 0 radical (unpaired) electrons. The van der Waals surface area contributed by atoms with E-state index in [1.807, 2.05) is 24.3 Å². The lowest BCUT2D eigenvalue weighted by atomic mass is 10.2. The van der Waals surface area contributed by atoms with Gasteiger partial charge in [0.2, 0.25) is 5.89 Å². The molecule has 0 spiro atoms. The predicted molar refractivity (Wildman–Crippen MR) is 111 cm³/mol. The molecule has 1 fully saturated rings. The second kappa shape index (κ2) is 7.26. The molecule has 1 saturated carbocycles. The molecule has 0 bridgehead atoms. The molecule has 0 aliphatic heterocycles. The molecule has 1 unspecified atom stereocenters. The first-order valence-corrected chi connectivity index (χ1v) is 10.6. The lowest BCUT2D eigenvalue weighted by molar-refractivity contribution is 0.374. The van der Waals surface area contributed by atoms with Gasteiger partial charge in [-0.15, -0.1) is 0 Å². The van der Waals surface area contributed by atoms with Crippen LogP contribution in [0.15, 0.2) is 58.2 Å². The molecular formula is C21H19ClN4OS. The third kappa shape index (κ3) is 3.54. The average molecular weight is 411 g/mol. The molecule has 7 heteroatoms. The zero-order valence-electron chi connectivity index (χ0n) is 15.4. The highest BCUT2D eigenvalue weighted by Gasteiger charge is 2.30. The minimum atomic E-state index is 0.0156. The van der Waals surface area contributed by atoms with Gasteiger partial charge in [0.25, 0.3) is 0 Å². The van der Waals surface area contributed by atoms with Gasteiger partial charge in [-0.2, -0.15) is 4.98 Å². The zero-order valence-corrected chi connectivity index (χ0v) is 17.0. The summed E-state index contributed by atoms with van der Waals surface area (Å²) in [7, 11) is 0. The van der Waals surface area contributed by atoms with Crippen LogP contribution in [-0.2, 0) is 6.54 Å². The van der Waals surface area contributed by atoms with E-state index in [-0.39, 0.29) is 5.25 Å². The van der Waals surface area contributed by atoms with Gasteiger partial charge in [-0.05, 0) is 43.5 Å². The highest BCUT2D eigenvalue weighted by atomic mass is 35.5. The number of fused-ring (bicyclic) bond motifs is 1. The molecule has 2 aromatic carbocycles. The first-order chi connectivity index (χ1) is 13.7. The summed E-state index contributed by atoms with van der Waals surface area (Å²) in [6.45, 7) is 2.82. The Hall–Kier alpha value is -2.31. The Morgan fingerprint density at radius 3 is 2.79 bits per heavy atom. The molecule has 1 aliphatic rings. The van der Waals surface area contributed by atoms with Crippen molar-refractivity contribution in [1.82, 2.24) is 19.7 Å². The number of halogens is 1. The van der Waals surface area contributed by atoms with Crippen LogP contribution >= 0.6 is 23.4 Å². The Morgan fingerprint density at radius 2 is 2.00 bits per heavy atom. The highest BCUT2D eigenvalue weighted by Crippen LogP contribution is 2.40. The SMILES string of the molecule is CC(Sc1nc2cc(Cl)ccc2n1Cc1ccccc1)c1nc(C2CC2)no1. The van der Waals surface area contributed by atoms with Crippen LogP contribution in [0.3, 0.4) is 0 Å². The lowest BCUT2D eigenvalue weighted by Crippen LogP contribution is -2.02. The number of thioether (sulfide) groups is 1. The van der Waals surface area contributed by atoms with Gasteiger partial charge in [0.1, 0.15) is 0 Å². The monoisotopic (exact) mass is 410 g/mol. The molecule has 2 heterocycles. The summed E-state index contributed by atoms with van der Waals surface area (Å²) < 4.78 is 7.73. The van der Waals surface area contributed by atoms with Gasteiger partial charge < -0.3 is 9.09 Å². The van der Waals surface area contributed by atoms with Crippen LogP contribution in [0.2, 0.25) is 5.02 Å². The standard InChI is InChI=1S/C21H19ClN4OS/c1-13(20-24-19(25-27-20)15-7-8-15)28-21-23-17-11-16(22)9-10-18(17)26(21)12-14-5-3-2-4-6-14/h2-6,9-11,13,15H,7-8,12H2,1H3. The minimum Gasteiger partial charge on any atom is -0.338 e. The first-order valence-electron chi connectivity index (χ1n) is 9.37. The summed E-state index contributed by atoms with van der Waals surface area (Å²) in [5.74, 6) is 1.98. The summed E-state index contributed by atoms with van der Waals surface area (Å²) >= 11 is 7.82. The highest BCUT2D eigenvalue weighted by molar-refractivity contribution is 7.99. The number of hydrogen-bond donors (Lipinski definition) is 0. The molecular weight excluding hydrogens is 392 g/mol. The third-order valence-electron chi connectivity index (χ3n) is 4.89. The topological polar surface area (TPSA) is 56.7 Å². The van der Waals surface area contributed by atoms with E-state index in [1.165, 1.54) is 5.56 Å². The van der Waals surface area contributed by atoms with Crippen molar-refractivity contribution in [3.63, 3.8) is 0 Å². The van der Waals surface area contributed by atoms with Crippen LogP contribution in [0.25, 0.3) is 11.0 Å². The molecule has 2 aromatic heterocycles. The maximum atomic E-state index is 6.19. The predicted octanol–water partition coefficient (Wildman–Crippen LogP) is 5.85. The van der Waals surface area contributed by atoms with Crippen LogP contribution < -0.4 is 0 Å². The largest absolute Gasteiger partial charge is 0.338 e. The summed E-state index contributed by atoms with van der Waals surface area (Å²) in [4.78, 5) is 9.43. The molecule has 0 saturated heterocycles. The van der Waals surface area contributed by atoms with E-state index in [1.54, 1.807) is 11.8 Å². The van der Waals surface area contributed by atoms with Crippen LogP contribution in [-0.4, -0.2) is 19.7 Å². The van der Waals surface area contributed by atoms with Gasteiger partial charge in [0.05, 0.1) is 22.8 Å². The Labute approximate surface area is 172 Å². The Kier molecular flexibility index (Phi) is 4.61. The van der Waals surface area contributed by atoms with Crippen molar-refractivity contribution in [2.45, 2.75) is 42.6 Å². The van der Waals surface area contributed by atoms with Gasteiger partial charge in [0, 0.05) is 10.9 Å². The molecule has 0 N–H and O–H groups in total. The molecule has 1 aliphatic carbocycles. The van der Waals surface area contributed by atoms with Gasteiger partial charge in [-0.25, -0.2) is 4.98 Å². The molecule has 1 atom stereocenters. The first kappa shape index (κ1) is 17.8. The van der Waals surface area contributed by atoms with E-state index in [4.69, 9.17) is 21.1 Å². The van der Waals surface area contributed by atoms with Crippen LogP contribution in [0.1, 0.15) is 48.2 Å². The zero-order chi connectivity index (χ0) is 19.1. The number of aromatic nitrogens is 4. The normalized spacial score (nSPS) is 15.2. The number of benzene rings is 2. The van der Waals surface area contributed by atoms with Gasteiger partial charge in [-0.3, -0.25) is 0 Å². The van der Waals surface area contributed by atoms with Crippen LogP contribution in [0.4, 0.5) is 0 Å². The average Bonchev–Trinajstić information content (AvgIpc) is 3.34. The van der Waals surface area contributed by atoms with Crippen LogP contribution in [0.5, 0.6) is 0 Å². The van der Waals surface area contributed by atoms with Gasteiger partial charge in [-0.1, -0.05) is 58.9 Å². The Balaban J connectivity index is 1.48. The van der Waals surface area contributed by atoms with Crippen molar-refractivity contribution >= 4 is 34.4 Å². The minimum absolute atomic E-state index is 0.0156. The van der Waals surface area contributed by atoms with E-state index in [0.29, 0.717) is 16.8 Å². The quantitative estimate of drug-likeness (QED) is 0.373. The van der Waals surface area contributed by atoms with E-state index >= 15 is 0 Å². The smallest absolute Gasteiger partial charge is 0.239 e. The molecule has 142 valence electrons. The van der Waals surface area contributed by atoms with Crippen molar-refractivity contribution in [3.8, 4) is 0 Å². The van der Waals surface area contributed by atoms with E-state index < -0.39 is 0 Å². The van der Waals surface area contributed by atoms with Crippen molar-refractivity contribution in [3.05, 3.63) is 70.8 Å². The molecule has 5 nitrogen and oxygen atoms in total. The van der Waals surface area contributed by atoms with E-state index in [9.17, 15) is 0 Å². The van der Waals surface area contributed by atoms with Crippen molar-refractivity contribution in [1.29, 1.82) is 0 Å². The number of rotatable bonds is 6. The lowest BCUT2D eigenvalue weighted by Gasteiger charge is -2.11. The maximum absolute atomic E-state index is 6.19. The molecule has 4 aromatic rings. The number of nitrogens with zero attached hydrogens (tertiary/aromatic N) is 4. The molecule has 5 rings (SSSR count). The fourth-order valence-corrected chi connectivity index (χ4v) is 4.34. The van der Waals surface area contributed by atoms with Gasteiger partial charge in [0.15, 0.2) is 11.0 Å². The molecule has 0 amide bonds. The van der Waals surface area contributed by atoms with Crippen molar-refractivity contribution < 1.29 is 4.52 Å². The fraction of sp³-hybridized carbons (Fsp3) is 0.286. The van der Waals surface area contributed by atoms with Crippen LogP contribution in [0, 0.1) is 0 Å². The van der Waals surface area contributed by atoms with E-state index in [2.05, 4.69) is 45.9 Å². The second-order valence-electron chi connectivity index (χ2n) is 7.12. The summed E-state index contributed by atoms with van der Waals surface area (Å²) in [5, 5.41) is 5.76. The maximum Gasteiger partial charge on any atom is 0.239 e. The summed E-state index contributed by atoms with van der Waals surface area (Å²) in [6.07, 6.45) is 2.32. The fourth-order valence-electron chi connectivity index (χ4n) is 3.22. The number of imidazole rings is 1. The second-order valence-corrected chi connectivity index (χ2v) is 8.87. The third-order valence-corrected chi connectivity index (χ3v) is 6.20. The summed E-state index contributed by atoms with van der Waals surface area (Å²) in [5.41, 5.74) is 3.18. The number of hydrogen-bond acceptors (Lipinski definition) is 5. The molecule has 28 heavy (non-hydrogen) atoms. The van der Waals surface area contributed by atoms with Crippen molar-refractivity contribution in [2.24, 2.45) is 0 Å². The summed E-state index contributed by atoms with van der Waals surface area (Å²) in [6, 6.07) is 16.2. The Morgan fingerprint density at radius 1 is 1.18 bits per heavy atom.